The summed E-state index contributed by atoms with van der Waals surface area (Å²) in [6, 6.07) is 8.26. The molecule has 0 amide bonds. The number of aromatic nitrogens is 1. The van der Waals surface area contributed by atoms with Gasteiger partial charge in [-0.1, -0.05) is 35.9 Å². The standard InChI is InChI=1S/C12H13ClN2OS/c1-16-7-10-4-2-3-9(5-10)6-14-12-15-11(13)8-17-12/h2-5,8H,6-7H2,1H3,(H,14,15). The van der Waals surface area contributed by atoms with E-state index in [2.05, 4.69) is 22.4 Å². The van der Waals surface area contributed by atoms with Gasteiger partial charge in [-0.3, -0.25) is 0 Å². The van der Waals surface area contributed by atoms with Gasteiger partial charge in [-0.05, 0) is 11.1 Å². The van der Waals surface area contributed by atoms with Gasteiger partial charge >= 0.3 is 0 Å². The molecule has 0 bridgehead atoms. The Morgan fingerprint density at radius 2 is 2.24 bits per heavy atom. The third kappa shape index (κ3) is 3.70. The average molecular weight is 269 g/mol. The fourth-order valence-electron chi connectivity index (χ4n) is 1.51. The summed E-state index contributed by atoms with van der Waals surface area (Å²) in [5.74, 6) is 0. The van der Waals surface area contributed by atoms with Gasteiger partial charge in [-0.2, -0.15) is 0 Å². The molecule has 1 aromatic heterocycles. The van der Waals surface area contributed by atoms with E-state index in [1.165, 1.54) is 22.5 Å². The van der Waals surface area contributed by atoms with Crippen molar-refractivity contribution in [3.63, 3.8) is 0 Å². The minimum Gasteiger partial charge on any atom is -0.380 e. The number of anilines is 1. The molecule has 3 nitrogen and oxygen atoms in total. The number of methoxy groups -OCH3 is 1. The summed E-state index contributed by atoms with van der Waals surface area (Å²) in [4.78, 5) is 4.13. The summed E-state index contributed by atoms with van der Waals surface area (Å²) in [6.07, 6.45) is 0. The molecule has 0 saturated carbocycles. The second kappa shape index (κ2) is 6.00. The third-order valence-corrected chi connectivity index (χ3v) is 3.35. The summed E-state index contributed by atoms with van der Waals surface area (Å²) in [6.45, 7) is 1.37. The molecule has 0 unspecified atom stereocenters. The Morgan fingerprint density at radius 3 is 2.94 bits per heavy atom. The summed E-state index contributed by atoms with van der Waals surface area (Å²) in [7, 11) is 1.70. The molecule has 1 N–H and O–H groups in total. The van der Waals surface area contributed by atoms with Crippen LogP contribution in [0, 0.1) is 0 Å². The Labute approximate surface area is 109 Å². The molecular formula is C12H13ClN2OS. The molecule has 1 aromatic carbocycles. The summed E-state index contributed by atoms with van der Waals surface area (Å²) >= 11 is 7.26. The quantitative estimate of drug-likeness (QED) is 0.900. The van der Waals surface area contributed by atoms with Crippen molar-refractivity contribution in [3.05, 3.63) is 45.9 Å². The van der Waals surface area contributed by atoms with Crippen LogP contribution in [0.5, 0.6) is 0 Å². The first-order valence-electron chi connectivity index (χ1n) is 5.19. The Bertz CT molecular complexity index is 487. The van der Waals surface area contributed by atoms with E-state index in [0.717, 1.165) is 11.7 Å². The summed E-state index contributed by atoms with van der Waals surface area (Å²) in [5, 5.41) is 6.42. The predicted molar refractivity (Wildman–Crippen MR) is 71.6 cm³/mol. The number of benzene rings is 1. The highest BCUT2D eigenvalue weighted by Gasteiger charge is 2.00. The molecule has 2 rings (SSSR count). The second-order valence-corrected chi connectivity index (χ2v) is 4.83. The molecule has 17 heavy (non-hydrogen) atoms. The molecule has 0 fully saturated rings. The van der Waals surface area contributed by atoms with Gasteiger partial charge in [0.1, 0.15) is 5.15 Å². The fourth-order valence-corrected chi connectivity index (χ4v) is 2.35. The topological polar surface area (TPSA) is 34.1 Å². The number of nitrogens with zero attached hydrogens (tertiary/aromatic N) is 1. The molecule has 0 aliphatic heterocycles. The summed E-state index contributed by atoms with van der Waals surface area (Å²) in [5.41, 5.74) is 2.37. The Morgan fingerprint density at radius 1 is 1.41 bits per heavy atom. The van der Waals surface area contributed by atoms with Crippen LogP contribution in [0.15, 0.2) is 29.6 Å². The van der Waals surface area contributed by atoms with Gasteiger partial charge in [0.25, 0.3) is 0 Å². The lowest BCUT2D eigenvalue weighted by molar-refractivity contribution is 0.185. The third-order valence-electron chi connectivity index (χ3n) is 2.22. The molecule has 5 heteroatoms. The van der Waals surface area contributed by atoms with Gasteiger partial charge in [0.2, 0.25) is 0 Å². The van der Waals surface area contributed by atoms with Crippen molar-refractivity contribution in [1.82, 2.24) is 4.98 Å². The van der Waals surface area contributed by atoms with Gasteiger partial charge in [0.15, 0.2) is 5.13 Å². The highest BCUT2D eigenvalue weighted by Crippen LogP contribution is 2.19. The monoisotopic (exact) mass is 268 g/mol. The molecule has 0 atom stereocenters. The molecule has 0 aliphatic rings. The van der Waals surface area contributed by atoms with Crippen molar-refractivity contribution in [1.29, 1.82) is 0 Å². The highest BCUT2D eigenvalue weighted by atomic mass is 35.5. The number of rotatable bonds is 5. The SMILES string of the molecule is COCc1cccc(CNc2nc(Cl)cs2)c1. The minimum atomic E-state index is 0.533. The van der Waals surface area contributed by atoms with Gasteiger partial charge < -0.3 is 10.1 Å². The Kier molecular flexibility index (Phi) is 4.36. The number of halogens is 1. The first-order chi connectivity index (χ1) is 8.28. The maximum Gasteiger partial charge on any atom is 0.184 e. The molecule has 0 spiro atoms. The fraction of sp³-hybridized carbons (Fsp3) is 0.250. The lowest BCUT2D eigenvalue weighted by atomic mass is 10.1. The lowest BCUT2D eigenvalue weighted by Gasteiger charge is -2.05. The van der Waals surface area contributed by atoms with Crippen LogP contribution in [0.3, 0.4) is 0 Å². The van der Waals surface area contributed by atoms with Gasteiger partial charge in [-0.25, -0.2) is 4.98 Å². The first kappa shape index (κ1) is 12.4. The van der Waals surface area contributed by atoms with Crippen molar-refractivity contribution < 1.29 is 4.74 Å². The average Bonchev–Trinajstić information content (AvgIpc) is 2.74. The van der Waals surface area contributed by atoms with E-state index in [4.69, 9.17) is 16.3 Å². The van der Waals surface area contributed by atoms with Crippen LogP contribution >= 0.6 is 22.9 Å². The van der Waals surface area contributed by atoms with Crippen LogP contribution in [0.25, 0.3) is 0 Å². The van der Waals surface area contributed by atoms with E-state index in [0.29, 0.717) is 11.8 Å². The van der Waals surface area contributed by atoms with E-state index in [1.54, 1.807) is 7.11 Å². The lowest BCUT2D eigenvalue weighted by Crippen LogP contribution is -1.99. The van der Waals surface area contributed by atoms with Crippen LogP contribution in [0.4, 0.5) is 5.13 Å². The molecular weight excluding hydrogens is 256 g/mol. The number of nitrogens with one attached hydrogen (secondary N) is 1. The van der Waals surface area contributed by atoms with Crippen LogP contribution in [0.2, 0.25) is 5.15 Å². The number of ether oxygens (including phenoxy) is 1. The van der Waals surface area contributed by atoms with E-state index in [1.807, 2.05) is 17.5 Å². The molecule has 0 saturated heterocycles. The normalized spacial score (nSPS) is 10.5. The minimum absolute atomic E-state index is 0.533. The number of thiazole rings is 1. The van der Waals surface area contributed by atoms with Crippen molar-refractivity contribution in [2.45, 2.75) is 13.2 Å². The van der Waals surface area contributed by atoms with Crippen LogP contribution in [0.1, 0.15) is 11.1 Å². The highest BCUT2D eigenvalue weighted by molar-refractivity contribution is 7.14. The zero-order valence-electron chi connectivity index (χ0n) is 9.44. The van der Waals surface area contributed by atoms with E-state index in [-0.39, 0.29) is 0 Å². The smallest absolute Gasteiger partial charge is 0.184 e. The van der Waals surface area contributed by atoms with Crippen LogP contribution in [-0.4, -0.2) is 12.1 Å². The molecule has 1 heterocycles. The van der Waals surface area contributed by atoms with Crippen LogP contribution in [-0.2, 0) is 17.9 Å². The van der Waals surface area contributed by atoms with E-state index < -0.39 is 0 Å². The molecule has 90 valence electrons. The number of hydrogen-bond acceptors (Lipinski definition) is 4. The zero-order valence-corrected chi connectivity index (χ0v) is 11.0. The second-order valence-electron chi connectivity index (χ2n) is 3.58. The zero-order chi connectivity index (χ0) is 12.1. The van der Waals surface area contributed by atoms with Gasteiger partial charge in [-0.15, -0.1) is 11.3 Å². The Balaban J connectivity index is 1.96. The molecule has 2 aromatic rings. The maximum absolute atomic E-state index is 5.75. The number of hydrogen-bond donors (Lipinski definition) is 1. The van der Waals surface area contributed by atoms with Crippen molar-refractivity contribution in [2.24, 2.45) is 0 Å². The van der Waals surface area contributed by atoms with E-state index >= 15 is 0 Å². The van der Waals surface area contributed by atoms with Crippen molar-refractivity contribution >= 4 is 28.1 Å². The van der Waals surface area contributed by atoms with Gasteiger partial charge in [0.05, 0.1) is 6.61 Å². The Hall–Kier alpha value is -1.10. The van der Waals surface area contributed by atoms with Crippen molar-refractivity contribution in [3.8, 4) is 0 Å². The molecule has 0 aliphatic carbocycles. The molecule has 0 radical (unpaired) electrons. The predicted octanol–water partition coefficient (Wildman–Crippen LogP) is 3.56. The van der Waals surface area contributed by atoms with Crippen molar-refractivity contribution in [2.75, 3.05) is 12.4 Å². The summed E-state index contributed by atoms with van der Waals surface area (Å²) < 4.78 is 5.10. The van der Waals surface area contributed by atoms with Crippen LogP contribution < -0.4 is 5.32 Å². The van der Waals surface area contributed by atoms with Gasteiger partial charge in [0, 0.05) is 19.0 Å². The van der Waals surface area contributed by atoms with E-state index in [9.17, 15) is 0 Å². The maximum atomic E-state index is 5.75. The first-order valence-corrected chi connectivity index (χ1v) is 6.45. The largest absolute Gasteiger partial charge is 0.380 e.